The number of para-hydroxylation sites is 1. The number of alkyl carbamates (subject to hydrolysis) is 1. The summed E-state index contributed by atoms with van der Waals surface area (Å²) in [6.07, 6.45) is -10.4. The number of hydrogen-bond donors (Lipinski definition) is 1. The maximum atomic E-state index is 13.1. The number of aromatic nitrogens is 1. The minimum atomic E-state index is -5.76. The number of ether oxygens (including phenoxy) is 1. The van der Waals surface area contributed by atoms with Gasteiger partial charge >= 0.3 is 18.2 Å². The van der Waals surface area contributed by atoms with Crippen LogP contribution < -0.4 is 16.2 Å². The monoisotopic (exact) mass is 497 g/mol. The molecule has 0 saturated heterocycles. The van der Waals surface area contributed by atoms with Crippen molar-refractivity contribution in [2.24, 2.45) is 12.0 Å². The van der Waals surface area contributed by atoms with Gasteiger partial charge in [-0.2, -0.15) is 22.0 Å². The number of rotatable bonds is 5. The Bertz CT molecular complexity index is 1420. The van der Waals surface area contributed by atoms with Crippen molar-refractivity contribution in [2.45, 2.75) is 31.5 Å². The van der Waals surface area contributed by atoms with E-state index >= 15 is 0 Å². The van der Waals surface area contributed by atoms with E-state index in [1.165, 1.54) is 11.6 Å². The van der Waals surface area contributed by atoms with Crippen LogP contribution in [0, 0.1) is 0 Å². The highest BCUT2D eigenvalue weighted by atomic mass is 19.4. The Morgan fingerprint density at radius 3 is 2.20 bits per heavy atom. The average molecular weight is 497 g/mol. The van der Waals surface area contributed by atoms with Crippen LogP contribution in [-0.4, -0.2) is 41.3 Å². The van der Waals surface area contributed by atoms with E-state index in [0.29, 0.717) is 16.3 Å². The molecule has 0 aliphatic heterocycles. The van der Waals surface area contributed by atoms with Crippen molar-refractivity contribution in [2.75, 3.05) is 6.54 Å². The number of halogens is 5. The van der Waals surface area contributed by atoms with Crippen LogP contribution in [0.5, 0.6) is 0 Å². The number of hydrogen-bond acceptors (Lipinski definition) is 4. The lowest BCUT2D eigenvalue weighted by Gasteiger charge is -2.19. The molecule has 0 saturated carbocycles. The van der Waals surface area contributed by atoms with Gasteiger partial charge in [0.05, 0.1) is 5.52 Å². The average Bonchev–Trinajstić information content (AvgIpc) is 2.88. The maximum Gasteiger partial charge on any atom is 0.453 e. The van der Waals surface area contributed by atoms with Crippen molar-refractivity contribution >= 4 is 33.7 Å². The van der Waals surface area contributed by atoms with E-state index in [2.05, 4.69) is 4.99 Å². The van der Waals surface area contributed by atoms with Gasteiger partial charge in [-0.25, -0.2) is 9.79 Å². The third-order valence-electron chi connectivity index (χ3n) is 5.22. The number of fused-ring (bicyclic) bond motifs is 3. The third-order valence-corrected chi connectivity index (χ3v) is 5.22. The van der Waals surface area contributed by atoms with Crippen LogP contribution in [0.2, 0.25) is 0 Å². The van der Waals surface area contributed by atoms with E-state index in [1.807, 2.05) is 0 Å². The molecule has 0 bridgehead atoms. The second-order valence-electron chi connectivity index (χ2n) is 7.65. The summed E-state index contributed by atoms with van der Waals surface area (Å²) in [7, 11) is 1.51. The molecule has 0 aliphatic carbocycles. The summed E-state index contributed by atoms with van der Waals surface area (Å²) >= 11 is 0. The first kappa shape index (κ1) is 25.8. The molecule has 2 amide bonds. The smallest absolute Gasteiger partial charge is 0.436 e. The quantitative estimate of drug-likeness (QED) is 0.543. The number of alkyl halides is 5. The first-order chi connectivity index (χ1) is 16.3. The van der Waals surface area contributed by atoms with Gasteiger partial charge in [0.25, 0.3) is 11.5 Å². The van der Waals surface area contributed by atoms with Crippen molar-refractivity contribution in [3.05, 3.63) is 64.2 Å². The van der Waals surface area contributed by atoms with Crippen LogP contribution in [0.1, 0.15) is 13.3 Å². The molecule has 3 rings (SSSR count). The molecular formula is C23H20F5N3O4. The molecule has 12 heteroatoms. The third kappa shape index (κ3) is 5.47. The van der Waals surface area contributed by atoms with Crippen molar-refractivity contribution in [1.82, 2.24) is 9.88 Å². The number of benzene rings is 2. The highest BCUT2D eigenvalue weighted by Crippen LogP contribution is 2.37. The number of aryl methyl sites for hydroxylation is 1. The molecule has 186 valence electrons. The highest BCUT2D eigenvalue weighted by Gasteiger charge is 2.56. The van der Waals surface area contributed by atoms with E-state index in [0.717, 1.165) is 12.3 Å². The van der Waals surface area contributed by atoms with Crippen molar-refractivity contribution in [3.63, 3.8) is 0 Å². The molecule has 0 spiro atoms. The van der Waals surface area contributed by atoms with Crippen LogP contribution in [0.25, 0.3) is 21.7 Å². The van der Waals surface area contributed by atoms with Gasteiger partial charge in [0.15, 0.2) is 6.10 Å². The zero-order valence-corrected chi connectivity index (χ0v) is 18.5. The zero-order valence-electron chi connectivity index (χ0n) is 18.5. The van der Waals surface area contributed by atoms with Crippen LogP contribution in [-0.2, 0) is 16.6 Å². The molecule has 7 nitrogen and oxygen atoms in total. The second kappa shape index (κ2) is 9.80. The lowest BCUT2D eigenvalue weighted by atomic mass is 10.1. The van der Waals surface area contributed by atoms with Crippen LogP contribution in [0.3, 0.4) is 0 Å². The van der Waals surface area contributed by atoms with Crippen molar-refractivity contribution < 1.29 is 36.3 Å². The fourth-order valence-electron chi connectivity index (χ4n) is 3.33. The van der Waals surface area contributed by atoms with Crippen LogP contribution in [0.4, 0.5) is 26.7 Å². The Labute approximate surface area is 194 Å². The maximum absolute atomic E-state index is 13.1. The van der Waals surface area contributed by atoms with Gasteiger partial charge in [-0.1, -0.05) is 42.5 Å². The molecule has 1 aromatic heterocycles. The van der Waals surface area contributed by atoms with Crippen LogP contribution in [0.15, 0.2) is 58.3 Å². The Kier molecular flexibility index (Phi) is 7.22. The molecule has 0 unspecified atom stereocenters. The fraction of sp³-hybridized carbons (Fsp3) is 0.304. The first-order valence-corrected chi connectivity index (χ1v) is 10.3. The summed E-state index contributed by atoms with van der Waals surface area (Å²) < 4.78 is 68.5. The zero-order chi connectivity index (χ0) is 26.0. The Hall–Kier alpha value is -3.83. The van der Waals surface area contributed by atoms with Gasteiger partial charge < -0.3 is 14.6 Å². The van der Waals surface area contributed by atoms with Crippen molar-refractivity contribution in [3.8, 4) is 0 Å². The molecule has 0 radical (unpaired) electrons. The minimum absolute atomic E-state index is 0.204. The summed E-state index contributed by atoms with van der Waals surface area (Å²) in [5.41, 5.74) is -0.0104. The SMILES string of the molecule is C[C@H](OC(=O)NCCC(F)(F)C(F)(F)F)C(=O)/N=c1/c(=O)n(C)c2ccccc2c2ccccc12. The first-order valence-electron chi connectivity index (χ1n) is 10.3. The van der Waals surface area contributed by atoms with Crippen LogP contribution >= 0.6 is 0 Å². The van der Waals surface area contributed by atoms with E-state index in [1.54, 1.807) is 53.8 Å². The number of carbonyl (C=O) groups is 2. The van der Waals surface area contributed by atoms with Gasteiger partial charge in [-0.15, -0.1) is 0 Å². The molecule has 1 N–H and O–H groups in total. The Morgan fingerprint density at radius 1 is 1.00 bits per heavy atom. The minimum Gasteiger partial charge on any atom is -0.436 e. The van der Waals surface area contributed by atoms with Gasteiger partial charge in [0, 0.05) is 30.8 Å². The molecule has 35 heavy (non-hydrogen) atoms. The van der Waals surface area contributed by atoms with Gasteiger partial charge in [0.2, 0.25) is 0 Å². The summed E-state index contributed by atoms with van der Waals surface area (Å²) in [6.45, 7) is 0.0809. The molecule has 0 aliphatic rings. The van der Waals surface area contributed by atoms with Gasteiger partial charge in [-0.3, -0.25) is 9.59 Å². The van der Waals surface area contributed by atoms with Gasteiger partial charge in [0.1, 0.15) is 5.36 Å². The lowest BCUT2D eigenvalue weighted by Crippen LogP contribution is -2.41. The summed E-state index contributed by atoms with van der Waals surface area (Å²) in [4.78, 5) is 41.4. The predicted octanol–water partition coefficient (Wildman–Crippen LogP) is 3.82. The number of nitrogens with one attached hydrogen (secondary N) is 1. The predicted molar refractivity (Wildman–Crippen MR) is 117 cm³/mol. The normalized spacial score (nSPS) is 13.6. The molecule has 0 fully saturated rings. The number of carbonyl (C=O) groups excluding carboxylic acids is 2. The molecule has 1 atom stereocenters. The Balaban J connectivity index is 1.88. The van der Waals surface area contributed by atoms with E-state index in [4.69, 9.17) is 4.74 Å². The number of amides is 2. The lowest BCUT2D eigenvalue weighted by molar-refractivity contribution is -0.283. The summed E-state index contributed by atoms with van der Waals surface area (Å²) in [5, 5.41) is 3.28. The highest BCUT2D eigenvalue weighted by molar-refractivity contribution is 6.04. The van der Waals surface area contributed by atoms with E-state index in [9.17, 15) is 36.3 Å². The fourth-order valence-corrected chi connectivity index (χ4v) is 3.33. The Morgan fingerprint density at radius 2 is 1.57 bits per heavy atom. The molecule has 3 aromatic rings. The molecular weight excluding hydrogens is 477 g/mol. The second-order valence-corrected chi connectivity index (χ2v) is 7.65. The topological polar surface area (TPSA) is 89.8 Å². The van der Waals surface area contributed by atoms with E-state index in [-0.39, 0.29) is 5.36 Å². The molecule has 1 heterocycles. The van der Waals surface area contributed by atoms with Crippen molar-refractivity contribution in [1.29, 1.82) is 0 Å². The number of nitrogens with zero attached hydrogens (tertiary/aromatic N) is 2. The largest absolute Gasteiger partial charge is 0.453 e. The summed E-state index contributed by atoms with van der Waals surface area (Å²) in [6, 6.07) is 13.8. The summed E-state index contributed by atoms with van der Waals surface area (Å²) in [5.74, 6) is -6.02. The van der Waals surface area contributed by atoms with Gasteiger partial charge in [-0.05, 0) is 18.4 Å². The molecule has 2 aromatic carbocycles. The standard InChI is InChI=1S/C23H20F5N3O4/c1-13(35-21(34)29-12-11-22(24,25)23(26,27)28)19(32)30-18-16-9-4-3-7-14(16)15-8-5-6-10-17(15)31(2)20(18)33/h3-10,13H,11-12H2,1-2H3,(H,29,34)/b30-18+/t13-/m0/s1. The van der Waals surface area contributed by atoms with E-state index < -0.39 is 48.7 Å².